The van der Waals surface area contributed by atoms with E-state index >= 15 is 0 Å². The van der Waals surface area contributed by atoms with E-state index in [9.17, 15) is 9.59 Å². The van der Waals surface area contributed by atoms with Crippen LogP contribution in [0.1, 0.15) is 6.42 Å². The van der Waals surface area contributed by atoms with E-state index in [-0.39, 0.29) is 18.9 Å². The monoisotopic (exact) mass is 190 g/mol. The highest BCUT2D eigenvalue weighted by atomic mass is 31.0. The molecule has 0 rings (SSSR count). The Hall–Kier alpha value is -0.800. The fourth-order valence-electron chi connectivity index (χ4n) is 0.470. The summed E-state index contributed by atoms with van der Waals surface area (Å²) in [6.45, 7) is 3.24. The Balaban J connectivity index is 3.43. The van der Waals surface area contributed by atoms with E-state index in [1.165, 1.54) is 0 Å². The summed E-state index contributed by atoms with van der Waals surface area (Å²) < 4.78 is 4.58. The first-order chi connectivity index (χ1) is 5.70. The molecule has 5 nitrogen and oxygen atoms in total. The molecular weight excluding hydrogens is 179 g/mol. The SMILES string of the molecule is C=NC(=O)CNC(=O)CCOP. The molecule has 1 N–H and O–H groups in total. The third-order valence-corrected chi connectivity index (χ3v) is 1.30. The van der Waals surface area contributed by atoms with E-state index in [2.05, 4.69) is 21.6 Å². The van der Waals surface area contributed by atoms with Gasteiger partial charge in [-0.2, -0.15) is 0 Å². The molecule has 0 saturated heterocycles. The van der Waals surface area contributed by atoms with Crippen LogP contribution in [0.25, 0.3) is 0 Å². The van der Waals surface area contributed by atoms with Crippen LogP contribution in [0, 0.1) is 0 Å². The van der Waals surface area contributed by atoms with Gasteiger partial charge in [0.15, 0.2) is 0 Å². The number of rotatable bonds is 5. The average Bonchev–Trinajstić information content (AvgIpc) is 2.10. The standard InChI is InChI=1S/C6H11N2O3P/c1-7-6(10)4-8-5(9)2-3-11-12/h1-4,12H2,(H,8,9). The summed E-state index contributed by atoms with van der Waals surface area (Å²) in [4.78, 5) is 24.4. The molecule has 68 valence electrons. The van der Waals surface area contributed by atoms with E-state index in [0.29, 0.717) is 6.61 Å². The average molecular weight is 190 g/mol. The van der Waals surface area contributed by atoms with Crippen LogP contribution < -0.4 is 5.32 Å². The van der Waals surface area contributed by atoms with Gasteiger partial charge in [-0.1, -0.05) is 0 Å². The molecule has 0 aliphatic rings. The van der Waals surface area contributed by atoms with E-state index in [1.54, 1.807) is 0 Å². The lowest BCUT2D eigenvalue weighted by Gasteiger charge is -2.00. The van der Waals surface area contributed by atoms with Crippen LogP contribution in [0.15, 0.2) is 4.99 Å². The zero-order valence-corrected chi connectivity index (χ0v) is 7.73. The predicted molar refractivity (Wildman–Crippen MR) is 47.8 cm³/mol. The number of hydrogen-bond acceptors (Lipinski definition) is 3. The summed E-state index contributed by atoms with van der Waals surface area (Å²) in [6, 6.07) is 0. The van der Waals surface area contributed by atoms with Gasteiger partial charge >= 0.3 is 0 Å². The van der Waals surface area contributed by atoms with Gasteiger partial charge in [0, 0.05) is 9.47 Å². The molecule has 0 aliphatic carbocycles. The van der Waals surface area contributed by atoms with E-state index in [1.807, 2.05) is 9.47 Å². The Kier molecular flexibility index (Phi) is 6.42. The molecule has 0 aromatic rings. The zero-order valence-electron chi connectivity index (χ0n) is 6.58. The third-order valence-electron chi connectivity index (χ3n) is 1.06. The molecule has 0 aliphatic heterocycles. The second-order valence-electron chi connectivity index (χ2n) is 1.95. The van der Waals surface area contributed by atoms with Gasteiger partial charge in [-0.25, -0.2) is 4.99 Å². The van der Waals surface area contributed by atoms with Gasteiger partial charge in [0.25, 0.3) is 5.91 Å². The van der Waals surface area contributed by atoms with Crippen molar-refractivity contribution in [3.63, 3.8) is 0 Å². The first-order valence-electron chi connectivity index (χ1n) is 3.28. The fourth-order valence-corrected chi connectivity index (χ4v) is 0.588. The first kappa shape index (κ1) is 11.2. The minimum absolute atomic E-state index is 0.0980. The van der Waals surface area contributed by atoms with Gasteiger partial charge in [-0.3, -0.25) is 9.59 Å². The van der Waals surface area contributed by atoms with Crippen molar-refractivity contribution >= 4 is 28.0 Å². The number of nitrogens with zero attached hydrogens (tertiary/aromatic N) is 1. The number of carbonyl (C=O) groups excluding carboxylic acids is 2. The summed E-state index contributed by atoms with van der Waals surface area (Å²) >= 11 is 0. The lowest BCUT2D eigenvalue weighted by molar-refractivity contribution is -0.125. The maximum Gasteiger partial charge on any atom is 0.264 e. The first-order valence-corrected chi connectivity index (χ1v) is 3.75. The van der Waals surface area contributed by atoms with Gasteiger partial charge in [0.1, 0.15) is 0 Å². The van der Waals surface area contributed by atoms with Crippen molar-refractivity contribution in [1.82, 2.24) is 5.32 Å². The maximum absolute atomic E-state index is 10.8. The number of hydrogen-bond donors (Lipinski definition) is 1. The minimum Gasteiger partial charge on any atom is -0.365 e. The highest BCUT2D eigenvalue weighted by Crippen LogP contribution is 1.88. The second-order valence-corrected chi connectivity index (χ2v) is 2.28. The minimum atomic E-state index is -0.449. The Morgan fingerprint density at radius 1 is 1.58 bits per heavy atom. The van der Waals surface area contributed by atoms with Crippen LogP contribution in [0.2, 0.25) is 0 Å². The summed E-state index contributed by atoms with van der Waals surface area (Å²) in [6.07, 6.45) is 0.230. The Morgan fingerprint density at radius 2 is 2.25 bits per heavy atom. The van der Waals surface area contributed by atoms with E-state index in [4.69, 9.17) is 0 Å². The molecule has 2 amide bonds. The van der Waals surface area contributed by atoms with Crippen molar-refractivity contribution in [3.05, 3.63) is 0 Å². The molecule has 0 bridgehead atoms. The molecule has 0 radical (unpaired) electrons. The largest absolute Gasteiger partial charge is 0.365 e. The van der Waals surface area contributed by atoms with Gasteiger partial charge in [0.2, 0.25) is 5.91 Å². The number of aliphatic imine (C=N–C) groups is 1. The van der Waals surface area contributed by atoms with Crippen molar-refractivity contribution < 1.29 is 14.1 Å². The van der Waals surface area contributed by atoms with Crippen molar-refractivity contribution in [2.75, 3.05) is 13.2 Å². The molecular formula is C6H11N2O3P. The van der Waals surface area contributed by atoms with Gasteiger partial charge in [-0.05, 0) is 6.72 Å². The Labute approximate surface area is 72.9 Å². The third kappa shape index (κ3) is 5.95. The molecule has 0 fully saturated rings. The van der Waals surface area contributed by atoms with Crippen molar-refractivity contribution in [2.45, 2.75) is 6.42 Å². The van der Waals surface area contributed by atoms with E-state index in [0.717, 1.165) is 0 Å². The van der Waals surface area contributed by atoms with Gasteiger partial charge in [0.05, 0.1) is 19.6 Å². The number of nitrogens with one attached hydrogen (secondary N) is 1. The number of carbonyl (C=O) groups is 2. The highest BCUT2D eigenvalue weighted by Gasteiger charge is 2.02. The van der Waals surface area contributed by atoms with Crippen LogP contribution in [0.3, 0.4) is 0 Å². The molecule has 12 heavy (non-hydrogen) atoms. The lowest BCUT2D eigenvalue weighted by atomic mass is 10.4. The Bertz CT molecular complexity index is 184. The Morgan fingerprint density at radius 3 is 2.75 bits per heavy atom. The lowest BCUT2D eigenvalue weighted by Crippen LogP contribution is -2.29. The summed E-state index contributed by atoms with van der Waals surface area (Å²) in [5.74, 6) is -0.690. The summed E-state index contributed by atoms with van der Waals surface area (Å²) in [5.41, 5.74) is 0. The fraction of sp³-hybridized carbons (Fsp3) is 0.500. The molecule has 0 aromatic heterocycles. The van der Waals surface area contributed by atoms with Crippen molar-refractivity contribution in [3.8, 4) is 0 Å². The summed E-state index contributed by atoms with van der Waals surface area (Å²) in [5, 5.41) is 2.36. The quantitative estimate of drug-likeness (QED) is 0.470. The smallest absolute Gasteiger partial charge is 0.264 e. The van der Waals surface area contributed by atoms with Crippen LogP contribution in [-0.2, 0) is 14.1 Å². The van der Waals surface area contributed by atoms with Crippen LogP contribution >= 0.6 is 9.47 Å². The van der Waals surface area contributed by atoms with Crippen molar-refractivity contribution in [2.24, 2.45) is 4.99 Å². The van der Waals surface area contributed by atoms with Crippen LogP contribution in [0.5, 0.6) is 0 Å². The summed E-state index contributed by atoms with van der Waals surface area (Å²) in [7, 11) is 2.03. The molecule has 0 heterocycles. The predicted octanol–water partition coefficient (Wildman–Crippen LogP) is -0.473. The molecule has 1 atom stereocenters. The number of amides is 2. The van der Waals surface area contributed by atoms with Crippen molar-refractivity contribution in [1.29, 1.82) is 0 Å². The maximum atomic E-state index is 10.8. The normalized spacial score (nSPS) is 9.08. The zero-order chi connectivity index (χ0) is 9.40. The second kappa shape index (κ2) is 6.88. The van der Waals surface area contributed by atoms with Crippen LogP contribution in [-0.4, -0.2) is 31.7 Å². The van der Waals surface area contributed by atoms with E-state index < -0.39 is 5.91 Å². The molecule has 0 spiro atoms. The highest BCUT2D eigenvalue weighted by molar-refractivity contribution is 7.09. The molecule has 1 unspecified atom stereocenters. The van der Waals surface area contributed by atoms with Crippen LogP contribution in [0.4, 0.5) is 0 Å². The molecule has 6 heteroatoms. The molecule has 0 aromatic carbocycles. The topological polar surface area (TPSA) is 67.8 Å². The molecule has 0 saturated carbocycles. The van der Waals surface area contributed by atoms with Gasteiger partial charge in [-0.15, -0.1) is 0 Å². The van der Waals surface area contributed by atoms with Gasteiger partial charge < -0.3 is 9.84 Å².